The van der Waals surface area contributed by atoms with E-state index in [2.05, 4.69) is 6.92 Å². The van der Waals surface area contributed by atoms with Gasteiger partial charge in [0.05, 0.1) is 5.60 Å². The van der Waals surface area contributed by atoms with Gasteiger partial charge in [0.15, 0.2) is 0 Å². The van der Waals surface area contributed by atoms with E-state index in [1.54, 1.807) is 13.8 Å². The lowest BCUT2D eigenvalue weighted by atomic mass is 9.88. The van der Waals surface area contributed by atoms with Crippen molar-refractivity contribution < 1.29 is 18.9 Å². The SMILES string of the molecule is CCCCCC(C)C(C)(C)OP(=O)(O)O. The van der Waals surface area contributed by atoms with Crippen LogP contribution >= 0.6 is 7.82 Å². The van der Waals surface area contributed by atoms with Gasteiger partial charge < -0.3 is 9.79 Å². The molecule has 5 heteroatoms. The van der Waals surface area contributed by atoms with Gasteiger partial charge >= 0.3 is 7.82 Å². The summed E-state index contributed by atoms with van der Waals surface area (Å²) in [7, 11) is -4.38. The van der Waals surface area contributed by atoms with Gasteiger partial charge in [0.2, 0.25) is 0 Å². The fraction of sp³-hybridized carbons (Fsp3) is 1.00. The van der Waals surface area contributed by atoms with Gasteiger partial charge in [-0.1, -0.05) is 33.1 Å². The Morgan fingerprint density at radius 1 is 1.33 bits per heavy atom. The van der Waals surface area contributed by atoms with Crippen LogP contribution in [0.5, 0.6) is 0 Å². The molecule has 0 aliphatic carbocycles. The van der Waals surface area contributed by atoms with Crippen LogP contribution in [-0.4, -0.2) is 15.4 Å². The molecule has 0 saturated carbocycles. The molecule has 0 radical (unpaired) electrons. The zero-order valence-corrected chi connectivity index (χ0v) is 11.0. The van der Waals surface area contributed by atoms with E-state index in [1.807, 2.05) is 6.92 Å². The van der Waals surface area contributed by atoms with Crippen molar-refractivity contribution in [2.24, 2.45) is 5.92 Å². The van der Waals surface area contributed by atoms with Crippen molar-refractivity contribution in [2.45, 2.75) is 59.0 Å². The summed E-state index contributed by atoms with van der Waals surface area (Å²) >= 11 is 0. The van der Waals surface area contributed by atoms with Gasteiger partial charge in [-0.3, -0.25) is 4.52 Å². The molecular formula is C10H23O4P. The summed E-state index contributed by atoms with van der Waals surface area (Å²) in [6, 6.07) is 0. The van der Waals surface area contributed by atoms with Gasteiger partial charge in [0.1, 0.15) is 0 Å². The van der Waals surface area contributed by atoms with Crippen molar-refractivity contribution in [1.29, 1.82) is 0 Å². The Kier molecular flexibility index (Phi) is 6.04. The van der Waals surface area contributed by atoms with Gasteiger partial charge in [-0.25, -0.2) is 4.57 Å². The summed E-state index contributed by atoms with van der Waals surface area (Å²) in [6.07, 6.45) is 4.30. The van der Waals surface area contributed by atoms with Crippen molar-refractivity contribution in [2.75, 3.05) is 0 Å². The van der Waals surface area contributed by atoms with Gasteiger partial charge in [0.25, 0.3) is 0 Å². The predicted octanol–water partition coefficient (Wildman–Crippen LogP) is 3.09. The third-order valence-corrected chi connectivity index (χ3v) is 3.49. The lowest BCUT2D eigenvalue weighted by molar-refractivity contribution is 0.0168. The normalized spacial score (nSPS) is 15.3. The first-order chi connectivity index (χ1) is 6.69. The number of hydrogen-bond acceptors (Lipinski definition) is 2. The molecule has 0 aliphatic heterocycles. The first kappa shape index (κ1) is 15.1. The molecule has 0 bridgehead atoms. The maximum atomic E-state index is 10.8. The fourth-order valence-electron chi connectivity index (χ4n) is 1.44. The monoisotopic (exact) mass is 238 g/mol. The van der Waals surface area contributed by atoms with E-state index < -0.39 is 13.4 Å². The molecule has 0 saturated heterocycles. The van der Waals surface area contributed by atoms with Crippen LogP contribution in [0.2, 0.25) is 0 Å². The molecule has 1 atom stereocenters. The summed E-state index contributed by atoms with van der Waals surface area (Å²) < 4.78 is 15.5. The molecule has 0 spiro atoms. The van der Waals surface area contributed by atoms with Crippen LogP contribution in [-0.2, 0) is 9.09 Å². The Hall–Kier alpha value is 0.110. The molecule has 2 N–H and O–H groups in total. The Bertz CT molecular complexity index is 221. The zero-order valence-electron chi connectivity index (χ0n) is 10.1. The van der Waals surface area contributed by atoms with Crippen LogP contribution < -0.4 is 0 Å². The number of unbranched alkanes of at least 4 members (excludes halogenated alkanes) is 2. The largest absolute Gasteiger partial charge is 0.470 e. The van der Waals surface area contributed by atoms with E-state index in [0.717, 1.165) is 25.7 Å². The van der Waals surface area contributed by atoms with Crippen LogP contribution in [0.1, 0.15) is 53.4 Å². The van der Waals surface area contributed by atoms with Gasteiger partial charge in [-0.15, -0.1) is 0 Å². The quantitative estimate of drug-likeness (QED) is 0.528. The molecule has 4 nitrogen and oxygen atoms in total. The zero-order chi connectivity index (χ0) is 12.1. The first-order valence-electron chi connectivity index (χ1n) is 5.45. The molecule has 15 heavy (non-hydrogen) atoms. The van der Waals surface area contributed by atoms with Crippen molar-refractivity contribution in [1.82, 2.24) is 0 Å². The number of rotatable bonds is 7. The lowest BCUT2D eigenvalue weighted by Gasteiger charge is -2.31. The molecule has 0 rings (SSSR count). The second-order valence-electron chi connectivity index (χ2n) is 4.58. The highest BCUT2D eigenvalue weighted by molar-refractivity contribution is 7.46. The van der Waals surface area contributed by atoms with Gasteiger partial charge in [-0.2, -0.15) is 0 Å². The minimum absolute atomic E-state index is 0.136. The maximum absolute atomic E-state index is 10.8. The van der Waals surface area contributed by atoms with E-state index in [9.17, 15) is 4.57 Å². The predicted molar refractivity (Wildman–Crippen MR) is 60.5 cm³/mol. The summed E-state index contributed by atoms with van der Waals surface area (Å²) in [5.74, 6) is 0.136. The average Bonchev–Trinajstić information content (AvgIpc) is 2.00. The van der Waals surface area contributed by atoms with Crippen LogP contribution in [0.15, 0.2) is 0 Å². The smallest absolute Gasteiger partial charge is 0.303 e. The standard InChI is InChI=1S/C10H23O4P/c1-5-6-7-8-9(2)10(3,4)14-15(11,12)13/h9H,5-8H2,1-4H3,(H2,11,12,13). The van der Waals surface area contributed by atoms with E-state index in [0.29, 0.717) is 0 Å². The minimum atomic E-state index is -4.38. The van der Waals surface area contributed by atoms with Crippen molar-refractivity contribution in [3.63, 3.8) is 0 Å². The van der Waals surface area contributed by atoms with Crippen molar-refractivity contribution in [3.05, 3.63) is 0 Å². The molecule has 1 unspecified atom stereocenters. The highest BCUT2D eigenvalue weighted by Crippen LogP contribution is 2.44. The van der Waals surface area contributed by atoms with Crippen molar-refractivity contribution >= 4 is 7.82 Å². The third kappa shape index (κ3) is 7.07. The summed E-state index contributed by atoms with van der Waals surface area (Å²) in [5.41, 5.74) is -0.771. The molecule has 0 heterocycles. The fourth-order valence-corrected chi connectivity index (χ4v) is 2.24. The molecule has 0 fully saturated rings. The molecule has 0 aromatic rings. The summed E-state index contributed by atoms with van der Waals surface area (Å²) in [6.45, 7) is 7.54. The van der Waals surface area contributed by atoms with E-state index >= 15 is 0 Å². The first-order valence-corrected chi connectivity index (χ1v) is 6.98. The molecule has 0 aromatic heterocycles. The number of phosphoric acid groups is 1. The number of hydrogen-bond donors (Lipinski definition) is 2. The van der Waals surface area contributed by atoms with Gasteiger partial charge in [0, 0.05) is 0 Å². The second-order valence-corrected chi connectivity index (χ2v) is 5.75. The molecule has 0 amide bonds. The topological polar surface area (TPSA) is 66.8 Å². The Morgan fingerprint density at radius 2 is 1.87 bits per heavy atom. The van der Waals surface area contributed by atoms with E-state index in [-0.39, 0.29) is 5.92 Å². The third-order valence-electron chi connectivity index (χ3n) is 2.78. The van der Waals surface area contributed by atoms with Crippen LogP contribution in [0.25, 0.3) is 0 Å². The molecular weight excluding hydrogens is 215 g/mol. The van der Waals surface area contributed by atoms with E-state index in [1.165, 1.54) is 0 Å². The second kappa shape index (κ2) is 6.00. The summed E-state index contributed by atoms with van der Waals surface area (Å²) in [4.78, 5) is 17.5. The molecule has 92 valence electrons. The van der Waals surface area contributed by atoms with Crippen molar-refractivity contribution in [3.8, 4) is 0 Å². The van der Waals surface area contributed by atoms with Crippen LogP contribution in [0, 0.1) is 5.92 Å². The number of phosphoric ester groups is 1. The van der Waals surface area contributed by atoms with E-state index in [4.69, 9.17) is 14.3 Å². The highest BCUT2D eigenvalue weighted by Gasteiger charge is 2.33. The Balaban J connectivity index is 4.13. The summed E-state index contributed by atoms with van der Waals surface area (Å²) in [5, 5.41) is 0. The minimum Gasteiger partial charge on any atom is -0.303 e. The van der Waals surface area contributed by atoms with Crippen LogP contribution in [0.4, 0.5) is 0 Å². The molecule has 0 aromatic carbocycles. The molecule has 0 aliphatic rings. The average molecular weight is 238 g/mol. The Labute approximate surface area is 92.3 Å². The Morgan fingerprint density at radius 3 is 2.27 bits per heavy atom. The highest BCUT2D eigenvalue weighted by atomic mass is 31.2. The van der Waals surface area contributed by atoms with Crippen LogP contribution in [0.3, 0.4) is 0 Å². The van der Waals surface area contributed by atoms with Gasteiger partial charge in [-0.05, 0) is 26.2 Å². The maximum Gasteiger partial charge on any atom is 0.470 e. The lowest BCUT2D eigenvalue weighted by Crippen LogP contribution is -2.31.